The average molecular weight is 195 g/mol. The number of carbonyl (C=O) groups is 1. The molecule has 0 spiro atoms. The molecular formula is C8H9N3OS. The highest BCUT2D eigenvalue weighted by atomic mass is 32.2. The molecule has 1 aromatic heterocycles. The first kappa shape index (κ1) is 8.50. The van der Waals surface area contributed by atoms with Crippen LogP contribution in [0.25, 0.3) is 0 Å². The van der Waals surface area contributed by atoms with Gasteiger partial charge in [-0.05, 0) is 6.92 Å². The van der Waals surface area contributed by atoms with Crippen LogP contribution in [0.3, 0.4) is 0 Å². The summed E-state index contributed by atoms with van der Waals surface area (Å²) >= 11 is 1.67. The summed E-state index contributed by atoms with van der Waals surface area (Å²) in [6, 6.07) is 0. The molecule has 68 valence electrons. The zero-order valence-corrected chi connectivity index (χ0v) is 8.21. The van der Waals surface area contributed by atoms with Crippen LogP contribution in [0.5, 0.6) is 0 Å². The molecule has 2 rings (SSSR count). The smallest absolute Gasteiger partial charge is 0.185 e. The van der Waals surface area contributed by atoms with Crippen LogP contribution in [-0.2, 0) is 7.05 Å². The van der Waals surface area contributed by atoms with Gasteiger partial charge in [0.1, 0.15) is 10.7 Å². The first-order chi connectivity index (χ1) is 6.20. The summed E-state index contributed by atoms with van der Waals surface area (Å²) in [4.78, 5) is 18.9. The zero-order valence-electron chi connectivity index (χ0n) is 7.39. The van der Waals surface area contributed by atoms with Crippen molar-refractivity contribution in [3.8, 4) is 0 Å². The van der Waals surface area contributed by atoms with Gasteiger partial charge in [-0.25, -0.2) is 4.98 Å². The lowest BCUT2D eigenvalue weighted by atomic mass is 10.5. The van der Waals surface area contributed by atoms with Gasteiger partial charge in [0.05, 0.1) is 5.37 Å². The fourth-order valence-corrected chi connectivity index (χ4v) is 1.91. The molecule has 1 unspecified atom stereocenters. The lowest BCUT2D eigenvalue weighted by Crippen LogP contribution is -2.14. The predicted octanol–water partition coefficient (Wildman–Crippen LogP) is 1.07. The second-order valence-electron chi connectivity index (χ2n) is 2.86. The highest BCUT2D eigenvalue weighted by Gasteiger charge is 2.21. The first-order valence-electron chi connectivity index (χ1n) is 3.94. The molecular weight excluding hydrogens is 186 g/mol. The Labute approximate surface area is 80.1 Å². The Morgan fingerprint density at radius 3 is 2.85 bits per heavy atom. The summed E-state index contributed by atoms with van der Waals surface area (Å²) in [5.74, 6) is 0.442. The van der Waals surface area contributed by atoms with Crippen LogP contribution in [0, 0.1) is 0 Å². The van der Waals surface area contributed by atoms with Crippen molar-refractivity contribution in [3.05, 3.63) is 17.7 Å². The van der Waals surface area contributed by atoms with Gasteiger partial charge >= 0.3 is 0 Å². The van der Waals surface area contributed by atoms with Gasteiger partial charge < -0.3 is 4.57 Å². The van der Waals surface area contributed by atoms with E-state index < -0.39 is 0 Å². The number of aldehydes is 1. The molecule has 0 saturated heterocycles. The Kier molecular flexibility index (Phi) is 1.95. The highest BCUT2D eigenvalue weighted by molar-refractivity contribution is 8.16. The van der Waals surface area contributed by atoms with E-state index in [1.165, 1.54) is 0 Å². The molecule has 0 fully saturated rings. The second-order valence-corrected chi connectivity index (χ2v) is 4.17. The van der Waals surface area contributed by atoms with Crippen molar-refractivity contribution in [3.63, 3.8) is 0 Å². The number of imidazole rings is 1. The molecule has 0 aromatic carbocycles. The van der Waals surface area contributed by atoms with Crippen molar-refractivity contribution >= 4 is 23.1 Å². The fraction of sp³-hybridized carbons (Fsp3) is 0.375. The van der Waals surface area contributed by atoms with Crippen molar-refractivity contribution in [2.45, 2.75) is 12.3 Å². The zero-order chi connectivity index (χ0) is 9.42. The number of aliphatic imine (C=N–C) groups is 1. The van der Waals surface area contributed by atoms with E-state index in [9.17, 15) is 4.79 Å². The number of hydrogen-bond donors (Lipinski definition) is 0. The third-order valence-corrected chi connectivity index (χ3v) is 2.80. The summed E-state index contributed by atoms with van der Waals surface area (Å²) in [5, 5.41) is 1.26. The third-order valence-electron chi connectivity index (χ3n) is 1.82. The van der Waals surface area contributed by atoms with Gasteiger partial charge in [0.2, 0.25) is 0 Å². The van der Waals surface area contributed by atoms with Crippen molar-refractivity contribution in [1.82, 2.24) is 9.55 Å². The summed E-state index contributed by atoms with van der Waals surface area (Å²) in [7, 11) is 1.80. The summed E-state index contributed by atoms with van der Waals surface area (Å²) < 4.78 is 1.70. The molecule has 1 aliphatic heterocycles. The normalized spacial score (nSPS) is 20.8. The molecule has 4 nitrogen and oxygen atoms in total. The number of thioether (sulfide) groups is 1. The van der Waals surface area contributed by atoms with Crippen LogP contribution in [0.4, 0.5) is 0 Å². The standard InChI is InChI=1S/C8H9N3OS/c1-5-9-8(13-5)6-3-11(2)7(4-12)10-6/h3-5H,1-2H3. The van der Waals surface area contributed by atoms with E-state index in [2.05, 4.69) is 9.98 Å². The van der Waals surface area contributed by atoms with Gasteiger partial charge in [0.15, 0.2) is 12.1 Å². The van der Waals surface area contributed by atoms with Gasteiger partial charge in [-0.2, -0.15) is 0 Å². The molecule has 0 radical (unpaired) electrons. The fourth-order valence-electron chi connectivity index (χ4n) is 1.15. The monoisotopic (exact) mass is 195 g/mol. The van der Waals surface area contributed by atoms with E-state index in [-0.39, 0.29) is 0 Å². The van der Waals surface area contributed by atoms with Gasteiger partial charge in [0.25, 0.3) is 0 Å². The van der Waals surface area contributed by atoms with Crippen LogP contribution < -0.4 is 0 Å². The van der Waals surface area contributed by atoms with Crippen molar-refractivity contribution < 1.29 is 4.79 Å². The molecule has 2 heterocycles. The Hall–Kier alpha value is -1.10. The summed E-state index contributed by atoms with van der Waals surface area (Å²) in [5.41, 5.74) is 0.799. The largest absolute Gasteiger partial charge is 0.331 e. The van der Waals surface area contributed by atoms with Crippen LogP contribution in [-0.4, -0.2) is 26.3 Å². The van der Waals surface area contributed by atoms with E-state index >= 15 is 0 Å². The van der Waals surface area contributed by atoms with Gasteiger partial charge in [0, 0.05) is 13.2 Å². The van der Waals surface area contributed by atoms with Crippen LogP contribution in [0.15, 0.2) is 11.2 Å². The number of hydrogen-bond acceptors (Lipinski definition) is 4. The van der Waals surface area contributed by atoms with Crippen molar-refractivity contribution in [2.24, 2.45) is 12.0 Å². The van der Waals surface area contributed by atoms with E-state index in [1.807, 2.05) is 13.1 Å². The maximum atomic E-state index is 10.5. The summed E-state index contributed by atoms with van der Waals surface area (Å²) in [6.07, 6.45) is 2.57. The summed E-state index contributed by atoms with van der Waals surface area (Å²) in [6.45, 7) is 2.03. The van der Waals surface area contributed by atoms with E-state index in [0.29, 0.717) is 11.2 Å². The maximum Gasteiger partial charge on any atom is 0.185 e. The molecule has 0 saturated carbocycles. The second kappa shape index (κ2) is 2.99. The first-order valence-corrected chi connectivity index (χ1v) is 4.82. The van der Waals surface area contributed by atoms with E-state index in [1.54, 1.807) is 23.4 Å². The average Bonchev–Trinajstić information content (AvgIpc) is 2.41. The van der Waals surface area contributed by atoms with E-state index in [4.69, 9.17) is 0 Å². The molecule has 0 amide bonds. The number of carbonyl (C=O) groups excluding carboxylic acids is 1. The van der Waals surface area contributed by atoms with Crippen molar-refractivity contribution in [2.75, 3.05) is 0 Å². The van der Waals surface area contributed by atoms with Gasteiger partial charge in [-0.3, -0.25) is 9.79 Å². The number of aromatic nitrogens is 2. The third kappa shape index (κ3) is 1.39. The molecule has 1 aliphatic rings. The minimum atomic E-state index is 0.330. The van der Waals surface area contributed by atoms with Gasteiger partial charge in [-0.15, -0.1) is 0 Å². The maximum absolute atomic E-state index is 10.5. The molecule has 0 N–H and O–H groups in total. The van der Waals surface area contributed by atoms with Crippen LogP contribution in [0.2, 0.25) is 0 Å². The minimum Gasteiger partial charge on any atom is -0.331 e. The molecule has 5 heteroatoms. The Morgan fingerprint density at radius 2 is 2.38 bits per heavy atom. The van der Waals surface area contributed by atoms with E-state index in [0.717, 1.165) is 17.0 Å². The highest BCUT2D eigenvalue weighted by Crippen LogP contribution is 2.28. The number of nitrogens with zero attached hydrogens (tertiary/aromatic N) is 3. The van der Waals surface area contributed by atoms with Gasteiger partial charge in [-0.1, -0.05) is 11.8 Å². The molecule has 0 bridgehead atoms. The molecule has 1 aromatic rings. The Balaban J connectivity index is 2.32. The molecule has 13 heavy (non-hydrogen) atoms. The lowest BCUT2D eigenvalue weighted by molar-refractivity contribution is 0.111. The number of aryl methyl sites for hydroxylation is 1. The van der Waals surface area contributed by atoms with Crippen LogP contribution >= 0.6 is 11.8 Å². The van der Waals surface area contributed by atoms with Crippen molar-refractivity contribution in [1.29, 1.82) is 0 Å². The Morgan fingerprint density at radius 1 is 1.69 bits per heavy atom. The predicted molar refractivity (Wildman–Crippen MR) is 52.2 cm³/mol. The topological polar surface area (TPSA) is 47.2 Å². The quantitative estimate of drug-likeness (QED) is 0.663. The van der Waals surface area contributed by atoms with Crippen LogP contribution in [0.1, 0.15) is 23.2 Å². The molecule has 0 aliphatic carbocycles. The number of rotatable bonds is 2. The lowest BCUT2D eigenvalue weighted by Gasteiger charge is -2.17. The Bertz CT molecular complexity index is 383. The SMILES string of the molecule is CC1N=C(c2cn(C)c(C=O)n2)S1. The minimum absolute atomic E-state index is 0.330. The molecule has 1 atom stereocenters.